The lowest BCUT2D eigenvalue weighted by atomic mass is 10.1. The molecule has 0 bridgehead atoms. The van der Waals surface area contributed by atoms with Gasteiger partial charge in [0.1, 0.15) is 21.2 Å². The molecule has 2 aromatic heterocycles. The Hall–Kier alpha value is -4.57. The van der Waals surface area contributed by atoms with Gasteiger partial charge in [0.15, 0.2) is 0 Å². The van der Waals surface area contributed by atoms with Crippen LogP contribution < -0.4 is 20.3 Å². The third-order valence-electron chi connectivity index (χ3n) is 6.78. The van der Waals surface area contributed by atoms with Gasteiger partial charge in [-0.05, 0) is 68.1 Å². The second kappa shape index (κ2) is 9.95. The first kappa shape index (κ1) is 24.7. The number of anilines is 3. The number of carbonyl (C=O) groups excluding carboxylic acids is 3. The number of hydrogen-bond acceptors (Lipinski definition) is 6. The minimum absolute atomic E-state index is 0.157. The van der Waals surface area contributed by atoms with Gasteiger partial charge in [0.2, 0.25) is 5.91 Å². The van der Waals surface area contributed by atoms with Gasteiger partial charge < -0.3 is 15.4 Å². The molecule has 0 radical (unpaired) electrons. The van der Waals surface area contributed by atoms with E-state index in [1.165, 1.54) is 18.3 Å². The summed E-state index contributed by atoms with van der Waals surface area (Å²) in [6.07, 6.45) is 3.87. The lowest BCUT2D eigenvalue weighted by Crippen LogP contribution is -2.36. The van der Waals surface area contributed by atoms with Gasteiger partial charge in [-0.25, -0.2) is 14.8 Å². The minimum atomic E-state index is -0.446. The number of nitrogens with zero attached hydrogens (tertiary/aromatic N) is 3. The maximum Gasteiger partial charge on any atom is 0.331 e. The molecule has 39 heavy (non-hydrogen) atoms. The fourth-order valence-electron chi connectivity index (χ4n) is 5.09. The van der Waals surface area contributed by atoms with E-state index in [0.29, 0.717) is 50.0 Å². The fraction of sp³-hybridized carbons (Fsp3) is 0.207. The number of hydrogen-bond donors (Lipinski definition) is 2. The number of ether oxygens (including phenoxy) is 1. The number of carbonyl (C=O) groups is 3. The predicted molar refractivity (Wildman–Crippen MR) is 152 cm³/mol. The number of nitrogens with one attached hydrogen (secondary N) is 2. The number of aromatic nitrogens is 1. The predicted octanol–water partition coefficient (Wildman–Crippen LogP) is 6.35. The molecule has 2 N–H and O–H groups in total. The number of amides is 4. The third-order valence-corrected chi connectivity index (χ3v) is 7.86. The summed E-state index contributed by atoms with van der Waals surface area (Å²) in [5.74, 6) is 0.780. The Morgan fingerprint density at radius 2 is 1.95 bits per heavy atom. The average molecular weight is 540 g/mol. The van der Waals surface area contributed by atoms with E-state index in [4.69, 9.17) is 4.74 Å². The molecule has 0 unspecified atom stereocenters. The highest BCUT2D eigenvalue weighted by Crippen LogP contribution is 2.46. The second-order valence-corrected chi connectivity index (χ2v) is 10.5. The largest absolute Gasteiger partial charge is 0.457 e. The van der Waals surface area contributed by atoms with E-state index in [0.717, 1.165) is 24.2 Å². The van der Waals surface area contributed by atoms with Crippen LogP contribution in [-0.4, -0.2) is 34.6 Å². The summed E-state index contributed by atoms with van der Waals surface area (Å²) in [5.41, 5.74) is 3.25. The van der Waals surface area contributed by atoms with Crippen molar-refractivity contribution in [3.63, 3.8) is 0 Å². The molecule has 1 fully saturated rings. The first-order valence-electron chi connectivity index (χ1n) is 12.6. The smallest absolute Gasteiger partial charge is 0.331 e. The standard InChI is InChI=1S/C29H25N5O4S/c1-16-15-19(38-18-7-4-3-5-8-18)11-12-22(16)34-23-13-14-30-28-24(23)25(33-29(34)37)26(39-28)27(36)32-21-10-6-9-20(21)31-17(2)35/h3-5,7-8,11-15,20H,6,9-10H2,1-2H3,(H,31,35)(H,33,37)/t20-/m0/s1. The van der Waals surface area contributed by atoms with Crippen LogP contribution in [-0.2, 0) is 4.79 Å². The van der Waals surface area contributed by atoms with Crippen LogP contribution in [0.25, 0.3) is 10.2 Å². The van der Waals surface area contributed by atoms with Crippen molar-refractivity contribution in [3.8, 4) is 11.5 Å². The normalized spacial score (nSPS) is 17.4. The summed E-state index contributed by atoms with van der Waals surface area (Å²) < 4.78 is 5.95. The highest BCUT2D eigenvalue weighted by molar-refractivity contribution is 7.21. The van der Waals surface area contributed by atoms with E-state index < -0.39 is 5.91 Å². The molecule has 1 aliphatic carbocycles. The Labute approximate surface area is 228 Å². The first-order chi connectivity index (χ1) is 18.9. The highest BCUT2D eigenvalue weighted by atomic mass is 32.1. The molecule has 4 amide bonds. The van der Waals surface area contributed by atoms with Crippen molar-refractivity contribution in [3.05, 3.63) is 71.2 Å². The molecule has 4 aromatic rings. The number of para-hydroxylation sites is 1. The zero-order chi connectivity index (χ0) is 27.1. The molecule has 1 atom stereocenters. The topological polar surface area (TPSA) is 113 Å². The van der Waals surface area contributed by atoms with Gasteiger partial charge in [-0.2, -0.15) is 0 Å². The Bertz CT molecular complexity index is 1660. The van der Waals surface area contributed by atoms with Crippen molar-refractivity contribution < 1.29 is 19.1 Å². The van der Waals surface area contributed by atoms with E-state index in [1.807, 2.05) is 55.5 Å². The summed E-state index contributed by atoms with van der Waals surface area (Å²) in [6.45, 7) is 3.37. The van der Waals surface area contributed by atoms with Crippen LogP contribution in [0.1, 0.15) is 41.4 Å². The van der Waals surface area contributed by atoms with E-state index in [2.05, 4.69) is 20.6 Å². The molecule has 2 aliphatic rings. The third kappa shape index (κ3) is 4.63. The van der Waals surface area contributed by atoms with Crippen LogP contribution in [0.2, 0.25) is 0 Å². The molecule has 10 heteroatoms. The Kier molecular flexibility index (Phi) is 6.32. The zero-order valence-electron chi connectivity index (χ0n) is 21.4. The van der Waals surface area contributed by atoms with E-state index in [1.54, 1.807) is 17.2 Å². The number of urea groups is 1. The number of benzene rings is 2. The van der Waals surface area contributed by atoms with E-state index in [9.17, 15) is 14.4 Å². The molecule has 196 valence electrons. The zero-order valence-corrected chi connectivity index (χ0v) is 22.2. The van der Waals surface area contributed by atoms with Gasteiger partial charge in [-0.15, -0.1) is 11.3 Å². The summed E-state index contributed by atoms with van der Waals surface area (Å²) in [5, 5.41) is 6.47. The van der Waals surface area contributed by atoms with Crippen LogP contribution >= 0.6 is 11.3 Å². The molecule has 3 heterocycles. The molecule has 1 aliphatic heterocycles. The van der Waals surface area contributed by atoms with Gasteiger partial charge in [0, 0.05) is 18.8 Å². The highest BCUT2D eigenvalue weighted by Gasteiger charge is 2.34. The Morgan fingerprint density at radius 3 is 2.72 bits per heavy atom. The quantitative estimate of drug-likeness (QED) is 0.307. The fourth-order valence-corrected chi connectivity index (χ4v) is 6.09. The van der Waals surface area contributed by atoms with Crippen molar-refractivity contribution in [2.75, 3.05) is 10.2 Å². The molecule has 6 rings (SSSR count). The van der Waals surface area contributed by atoms with Crippen molar-refractivity contribution >= 4 is 62.2 Å². The summed E-state index contributed by atoms with van der Waals surface area (Å²) in [7, 11) is 0. The Morgan fingerprint density at radius 1 is 1.13 bits per heavy atom. The number of aliphatic imine (C=N–C) groups is 1. The summed E-state index contributed by atoms with van der Waals surface area (Å²) in [4.78, 5) is 49.7. The van der Waals surface area contributed by atoms with Crippen LogP contribution in [0, 0.1) is 6.92 Å². The van der Waals surface area contributed by atoms with Gasteiger partial charge >= 0.3 is 6.03 Å². The van der Waals surface area contributed by atoms with Crippen LogP contribution in [0.4, 0.5) is 21.9 Å². The maximum absolute atomic E-state index is 13.5. The number of aryl methyl sites for hydroxylation is 1. The lowest BCUT2D eigenvalue weighted by Gasteiger charge is -2.29. The molecular weight excluding hydrogens is 514 g/mol. The van der Waals surface area contributed by atoms with Crippen LogP contribution in [0.3, 0.4) is 0 Å². The van der Waals surface area contributed by atoms with Gasteiger partial charge in [-0.1, -0.05) is 18.2 Å². The molecule has 0 saturated heterocycles. The summed E-state index contributed by atoms with van der Waals surface area (Å²) >= 11 is 1.20. The molecule has 2 aromatic carbocycles. The van der Waals surface area contributed by atoms with Crippen LogP contribution in [0.5, 0.6) is 11.5 Å². The number of rotatable bonds is 5. The Balaban J connectivity index is 1.35. The van der Waals surface area contributed by atoms with Crippen molar-refractivity contribution in [2.24, 2.45) is 4.99 Å². The van der Waals surface area contributed by atoms with Crippen molar-refractivity contribution in [2.45, 2.75) is 39.2 Å². The molecular formula is C29H25N5O4S. The van der Waals surface area contributed by atoms with Crippen molar-refractivity contribution in [1.82, 2.24) is 10.3 Å². The van der Waals surface area contributed by atoms with Gasteiger partial charge in [0.25, 0.3) is 5.91 Å². The minimum Gasteiger partial charge on any atom is -0.457 e. The van der Waals surface area contributed by atoms with E-state index in [-0.39, 0.29) is 18.0 Å². The first-order valence-corrected chi connectivity index (χ1v) is 13.5. The maximum atomic E-state index is 13.5. The van der Waals surface area contributed by atoms with Gasteiger partial charge in [0.05, 0.1) is 28.5 Å². The van der Waals surface area contributed by atoms with E-state index >= 15 is 0 Å². The monoisotopic (exact) mass is 539 g/mol. The SMILES string of the molecule is CC(=O)N[C@H]1CCCC1=NC(=O)c1sc2nccc3c2c1NC(=O)N3c1ccc(Oc2ccccc2)cc1C. The number of pyridine rings is 1. The molecule has 9 nitrogen and oxygen atoms in total. The summed E-state index contributed by atoms with van der Waals surface area (Å²) in [6, 6.07) is 16.2. The lowest BCUT2D eigenvalue weighted by molar-refractivity contribution is -0.119. The number of thiophene rings is 1. The van der Waals surface area contributed by atoms with Gasteiger partial charge in [-0.3, -0.25) is 14.5 Å². The average Bonchev–Trinajstić information content (AvgIpc) is 3.50. The van der Waals surface area contributed by atoms with Crippen LogP contribution in [0.15, 0.2) is 65.8 Å². The molecule has 1 saturated carbocycles. The second-order valence-electron chi connectivity index (χ2n) is 9.50. The molecule has 0 spiro atoms. The van der Waals surface area contributed by atoms with Crippen molar-refractivity contribution in [1.29, 1.82) is 0 Å².